The fraction of sp³-hybridized carbons (Fsp3) is 0.737. The van der Waals surface area contributed by atoms with Gasteiger partial charge in [0, 0.05) is 12.3 Å². The number of hydrogen-bond donors (Lipinski definition) is 2. The Morgan fingerprint density at radius 3 is 2.74 bits per heavy atom. The highest BCUT2D eigenvalue weighted by Gasteiger charge is 2.28. The number of unbranched alkanes of at least 4 members (excludes halogenated alkanes) is 3. The van der Waals surface area contributed by atoms with Crippen molar-refractivity contribution in [3.05, 3.63) is 24.3 Å². The van der Waals surface area contributed by atoms with Crippen molar-refractivity contribution in [3.63, 3.8) is 0 Å². The van der Waals surface area contributed by atoms with Crippen molar-refractivity contribution in [3.8, 4) is 0 Å². The average molecular weight is 324 g/mol. The second-order valence-corrected chi connectivity index (χ2v) is 6.39. The number of rotatable bonds is 11. The third-order valence-electron chi connectivity index (χ3n) is 4.52. The van der Waals surface area contributed by atoms with E-state index in [1.807, 2.05) is 24.3 Å². The molecule has 4 atom stereocenters. The summed E-state index contributed by atoms with van der Waals surface area (Å²) >= 11 is 0. The van der Waals surface area contributed by atoms with Gasteiger partial charge >= 0.3 is 5.97 Å². The lowest BCUT2D eigenvalue weighted by Crippen LogP contribution is -2.19. The van der Waals surface area contributed by atoms with Crippen molar-refractivity contribution in [2.45, 2.75) is 70.5 Å². The predicted octanol–water partition coefficient (Wildman–Crippen LogP) is 3.38. The number of aliphatic hydroxyl groups is 2. The Bertz CT molecular complexity index is 389. The summed E-state index contributed by atoms with van der Waals surface area (Å²) < 4.78 is 4.63. The van der Waals surface area contributed by atoms with Crippen LogP contribution in [0.5, 0.6) is 0 Å². The molecule has 0 saturated carbocycles. The monoisotopic (exact) mass is 324 g/mol. The van der Waals surface area contributed by atoms with Crippen molar-refractivity contribution >= 4 is 5.97 Å². The van der Waals surface area contributed by atoms with Gasteiger partial charge in [-0.2, -0.15) is 0 Å². The average Bonchev–Trinajstić information content (AvgIpc) is 2.89. The molecule has 0 heterocycles. The molecule has 0 fully saturated rings. The molecule has 132 valence electrons. The topological polar surface area (TPSA) is 66.8 Å². The van der Waals surface area contributed by atoms with Crippen molar-refractivity contribution < 1.29 is 19.7 Å². The van der Waals surface area contributed by atoms with E-state index in [2.05, 4.69) is 11.7 Å². The molecule has 0 radical (unpaired) electrons. The molecule has 23 heavy (non-hydrogen) atoms. The number of methoxy groups -OCH3 is 1. The molecule has 2 N–H and O–H groups in total. The van der Waals surface area contributed by atoms with Gasteiger partial charge in [0.2, 0.25) is 0 Å². The molecule has 1 aliphatic rings. The van der Waals surface area contributed by atoms with Crippen LogP contribution in [-0.4, -0.2) is 35.5 Å². The first-order valence-corrected chi connectivity index (χ1v) is 8.88. The molecule has 4 heteroatoms. The molecule has 4 nitrogen and oxygen atoms in total. The Morgan fingerprint density at radius 2 is 2.04 bits per heavy atom. The van der Waals surface area contributed by atoms with Gasteiger partial charge in [-0.25, -0.2) is 0 Å². The Hall–Kier alpha value is -1.13. The highest BCUT2D eigenvalue weighted by atomic mass is 16.5. The van der Waals surface area contributed by atoms with Gasteiger partial charge in [0.15, 0.2) is 0 Å². The smallest absolute Gasteiger partial charge is 0.305 e. The second-order valence-electron chi connectivity index (χ2n) is 6.39. The van der Waals surface area contributed by atoms with Crippen LogP contribution in [0.15, 0.2) is 24.3 Å². The SMILES string of the molecule is CCCCCC(O)C=C[C@H]1C=C[C@@H](O)[C@H]1CCCCC(=O)OC. The molecule has 1 aliphatic carbocycles. The lowest BCUT2D eigenvalue weighted by molar-refractivity contribution is -0.140. The summed E-state index contributed by atoms with van der Waals surface area (Å²) in [6.45, 7) is 2.15. The fourth-order valence-corrected chi connectivity index (χ4v) is 3.03. The zero-order chi connectivity index (χ0) is 17.1. The van der Waals surface area contributed by atoms with Crippen LogP contribution in [0.3, 0.4) is 0 Å². The molecule has 0 amide bonds. The highest BCUT2D eigenvalue weighted by Crippen LogP contribution is 2.31. The molecular formula is C19H32O4. The molecule has 0 spiro atoms. The van der Waals surface area contributed by atoms with Gasteiger partial charge in [-0.3, -0.25) is 4.79 Å². The summed E-state index contributed by atoms with van der Waals surface area (Å²) in [5.74, 6) is 0.137. The van der Waals surface area contributed by atoms with Gasteiger partial charge in [0.25, 0.3) is 0 Å². The third kappa shape index (κ3) is 7.80. The molecule has 1 rings (SSSR count). The van der Waals surface area contributed by atoms with E-state index in [0.29, 0.717) is 6.42 Å². The number of ether oxygens (including phenoxy) is 1. The number of allylic oxidation sites excluding steroid dienone is 2. The summed E-state index contributed by atoms with van der Waals surface area (Å²) in [7, 11) is 1.40. The maximum Gasteiger partial charge on any atom is 0.305 e. The Morgan fingerprint density at radius 1 is 1.26 bits per heavy atom. The van der Waals surface area contributed by atoms with Crippen molar-refractivity contribution in [2.24, 2.45) is 11.8 Å². The zero-order valence-electron chi connectivity index (χ0n) is 14.5. The lowest BCUT2D eigenvalue weighted by atomic mass is 9.88. The van der Waals surface area contributed by atoms with Crippen LogP contribution >= 0.6 is 0 Å². The number of esters is 1. The Labute approximate surface area is 140 Å². The molecule has 0 saturated heterocycles. The van der Waals surface area contributed by atoms with Crippen molar-refractivity contribution in [1.82, 2.24) is 0 Å². The number of carbonyl (C=O) groups is 1. The number of carbonyl (C=O) groups excluding carboxylic acids is 1. The normalized spacial score (nSPS) is 25.1. The summed E-state index contributed by atoms with van der Waals surface area (Å²) in [5, 5.41) is 20.0. The minimum Gasteiger partial charge on any atom is -0.469 e. The van der Waals surface area contributed by atoms with Crippen LogP contribution in [0.4, 0.5) is 0 Å². The van der Waals surface area contributed by atoms with Crippen LogP contribution in [0.1, 0.15) is 58.3 Å². The van der Waals surface area contributed by atoms with Crippen molar-refractivity contribution in [2.75, 3.05) is 7.11 Å². The maximum atomic E-state index is 11.1. The van der Waals surface area contributed by atoms with Gasteiger partial charge in [-0.05, 0) is 25.2 Å². The summed E-state index contributed by atoms with van der Waals surface area (Å²) in [4.78, 5) is 11.1. The molecule has 0 aromatic heterocycles. The molecule has 0 bridgehead atoms. The van der Waals surface area contributed by atoms with E-state index in [1.54, 1.807) is 0 Å². The van der Waals surface area contributed by atoms with Crippen LogP contribution in [0.2, 0.25) is 0 Å². The number of aliphatic hydroxyl groups excluding tert-OH is 2. The van der Waals surface area contributed by atoms with Gasteiger partial charge in [-0.15, -0.1) is 0 Å². The molecule has 0 aromatic rings. The Balaban J connectivity index is 2.35. The van der Waals surface area contributed by atoms with Gasteiger partial charge in [0.1, 0.15) is 0 Å². The summed E-state index contributed by atoms with van der Waals surface area (Å²) in [5.41, 5.74) is 0. The standard InChI is InChI=1S/C19H32O4/c1-3-4-5-8-16(20)13-11-15-12-14-18(21)17(15)9-6-7-10-19(22)23-2/h11-18,20-21H,3-10H2,1-2H3/t15-,16?,17-,18+/m0/s1. The fourth-order valence-electron chi connectivity index (χ4n) is 3.03. The first kappa shape index (κ1) is 19.9. The van der Waals surface area contributed by atoms with Crippen molar-refractivity contribution in [1.29, 1.82) is 0 Å². The second kappa shape index (κ2) is 11.4. The van der Waals surface area contributed by atoms with E-state index in [0.717, 1.165) is 44.9 Å². The predicted molar refractivity (Wildman–Crippen MR) is 91.9 cm³/mol. The highest BCUT2D eigenvalue weighted by molar-refractivity contribution is 5.68. The first-order valence-electron chi connectivity index (χ1n) is 8.88. The van der Waals surface area contributed by atoms with Crippen LogP contribution < -0.4 is 0 Å². The minimum atomic E-state index is -0.431. The lowest BCUT2D eigenvalue weighted by Gasteiger charge is -2.20. The van der Waals surface area contributed by atoms with E-state index < -0.39 is 12.2 Å². The van der Waals surface area contributed by atoms with Gasteiger partial charge in [0.05, 0.1) is 19.3 Å². The zero-order valence-corrected chi connectivity index (χ0v) is 14.5. The van der Waals surface area contributed by atoms with E-state index >= 15 is 0 Å². The molecular weight excluding hydrogens is 292 g/mol. The van der Waals surface area contributed by atoms with Crippen LogP contribution in [-0.2, 0) is 9.53 Å². The molecule has 1 unspecified atom stereocenters. The first-order chi connectivity index (χ1) is 11.1. The van der Waals surface area contributed by atoms with E-state index in [4.69, 9.17) is 0 Å². The van der Waals surface area contributed by atoms with Gasteiger partial charge in [-0.1, -0.05) is 56.9 Å². The molecule has 0 aliphatic heterocycles. The van der Waals surface area contributed by atoms with E-state index in [-0.39, 0.29) is 17.8 Å². The van der Waals surface area contributed by atoms with E-state index in [9.17, 15) is 15.0 Å². The van der Waals surface area contributed by atoms with Crippen LogP contribution in [0, 0.1) is 11.8 Å². The molecule has 0 aromatic carbocycles. The van der Waals surface area contributed by atoms with Gasteiger partial charge < -0.3 is 14.9 Å². The van der Waals surface area contributed by atoms with Crippen LogP contribution in [0.25, 0.3) is 0 Å². The quantitative estimate of drug-likeness (QED) is 0.347. The summed E-state index contributed by atoms with van der Waals surface area (Å²) in [6, 6.07) is 0. The van der Waals surface area contributed by atoms with E-state index in [1.165, 1.54) is 7.11 Å². The summed E-state index contributed by atoms with van der Waals surface area (Å²) in [6.07, 6.45) is 14.0. The third-order valence-corrected chi connectivity index (χ3v) is 4.52. The largest absolute Gasteiger partial charge is 0.469 e. The Kier molecular flexibility index (Phi) is 9.88. The maximum absolute atomic E-state index is 11.1. The number of hydrogen-bond acceptors (Lipinski definition) is 4. The minimum absolute atomic E-state index is 0.145.